The Hall–Kier alpha value is 0.250. The fourth-order valence-corrected chi connectivity index (χ4v) is 1.93. The molecule has 1 unspecified atom stereocenters. The minimum atomic E-state index is 0.377. The Kier molecular flexibility index (Phi) is 9.00. The van der Waals surface area contributed by atoms with Gasteiger partial charge in [0.1, 0.15) is 0 Å². The second-order valence-corrected chi connectivity index (χ2v) is 4.69. The van der Waals surface area contributed by atoms with Gasteiger partial charge in [0.25, 0.3) is 0 Å². The van der Waals surface area contributed by atoms with Gasteiger partial charge in [-0.15, -0.1) is 11.6 Å². The highest BCUT2D eigenvalue weighted by Crippen LogP contribution is 2.17. The Bertz CT molecular complexity index is 104. The molecular formula is C11H23ClO. The molecule has 0 amide bonds. The topological polar surface area (TPSA) is 9.23 Å². The minimum absolute atomic E-state index is 0.377. The summed E-state index contributed by atoms with van der Waals surface area (Å²) < 4.78 is 4.98. The summed E-state index contributed by atoms with van der Waals surface area (Å²) in [4.78, 5) is 0. The largest absolute Gasteiger partial charge is 0.385 e. The molecule has 0 aromatic carbocycles. The summed E-state index contributed by atoms with van der Waals surface area (Å²) >= 11 is 6.16. The van der Waals surface area contributed by atoms with Crippen LogP contribution in [0.3, 0.4) is 0 Å². The summed E-state index contributed by atoms with van der Waals surface area (Å²) in [7, 11) is 1.75. The lowest BCUT2D eigenvalue weighted by Gasteiger charge is -2.11. The molecule has 1 nitrogen and oxygen atoms in total. The molecule has 0 N–H and O–H groups in total. The number of ether oxygens (including phenoxy) is 1. The zero-order valence-electron chi connectivity index (χ0n) is 9.18. The number of hydrogen-bond donors (Lipinski definition) is 0. The summed E-state index contributed by atoms with van der Waals surface area (Å²) in [6.07, 6.45) is 5.95. The summed E-state index contributed by atoms with van der Waals surface area (Å²) in [6, 6.07) is 0. The van der Waals surface area contributed by atoms with Gasteiger partial charge in [0.2, 0.25) is 0 Å². The molecule has 80 valence electrons. The van der Waals surface area contributed by atoms with Crippen LogP contribution < -0.4 is 0 Å². The molecule has 0 aromatic rings. The van der Waals surface area contributed by atoms with E-state index < -0.39 is 0 Å². The van der Waals surface area contributed by atoms with E-state index in [2.05, 4.69) is 13.8 Å². The second kappa shape index (κ2) is 8.83. The van der Waals surface area contributed by atoms with E-state index in [1.807, 2.05) is 0 Å². The first-order chi connectivity index (χ1) is 6.16. The minimum Gasteiger partial charge on any atom is -0.385 e. The van der Waals surface area contributed by atoms with Gasteiger partial charge in [-0.3, -0.25) is 0 Å². The maximum atomic E-state index is 6.16. The molecule has 0 aliphatic carbocycles. The number of unbranched alkanes of at least 4 members (excludes halogenated alkanes) is 2. The highest BCUT2D eigenvalue weighted by atomic mass is 35.5. The van der Waals surface area contributed by atoms with Crippen LogP contribution in [0.1, 0.15) is 46.0 Å². The quantitative estimate of drug-likeness (QED) is 0.433. The first kappa shape index (κ1) is 13.2. The normalized spacial score (nSPS) is 13.6. The monoisotopic (exact) mass is 206 g/mol. The van der Waals surface area contributed by atoms with Crippen molar-refractivity contribution < 1.29 is 4.74 Å². The van der Waals surface area contributed by atoms with E-state index in [1.54, 1.807) is 7.11 Å². The summed E-state index contributed by atoms with van der Waals surface area (Å²) in [5, 5.41) is 0.377. The number of hydrogen-bond acceptors (Lipinski definition) is 1. The fraction of sp³-hybridized carbons (Fsp3) is 1.00. The van der Waals surface area contributed by atoms with Crippen LogP contribution >= 0.6 is 11.6 Å². The molecule has 0 bridgehead atoms. The Morgan fingerprint density at radius 2 is 1.85 bits per heavy atom. The zero-order chi connectivity index (χ0) is 10.1. The number of alkyl halides is 1. The van der Waals surface area contributed by atoms with Crippen LogP contribution in [-0.4, -0.2) is 19.1 Å². The van der Waals surface area contributed by atoms with E-state index in [0.29, 0.717) is 5.38 Å². The average Bonchev–Trinajstić information content (AvgIpc) is 2.02. The Morgan fingerprint density at radius 3 is 2.38 bits per heavy atom. The maximum Gasteiger partial charge on any atom is 0.0462 e. The standard InChI is InChI=1S/C11H23ClO/c1-10(2)9-11(12)7-5-4-6-8-13-3/h10-11H,4-9H2,1-3H3. The van der Waals surface area contributed by atoms with Gasteiger partial charge in [-0.1, -0.05) is 26.7 Å². The molecule has 0 aromatic heterocycles. The van der Waals surface area contributed by atoms with Gasteiger partial charge in [-0.2, -0.15) is 0 Å². The van der Waals surface area contributed by atoms with Crippen molar-refractivity contribution in [3.63, 3.8) is 0 Å². The van der Waals surface area contributed by atoms with E-state index in [4.69, 9.17) is 16.3 Å². The summed E-state index contributed by atoms with van der Waals surface area (Å²) in [6.45, 7) is 5.33. The molecule has 0 aliphatic rings. The third-order valence-electron chi connectivity index (χ3n) is 2.09. The van der Waals surface area contributed by atoms with Gasteiger partial charge in [0.05, 0.1) is 0 Å². The van der Waals surface area contributed by atoms with Gasteiger partial charge in [0, 0.05) is 19.1 Å². The summed E-state index contributed by atoms with van der Waals surface area (Å²) in [5.41, 5.74) is 0. The van der Waals surface area contributed by atoms with Gasteiger partial charge < -0.3 is 4.74 Å². The smallest absolute Gasteiger partial charge is 0.0462 e. The zero-order valence-corrected chi connectivity index (χ0v) is 9.94. The second-order valence-electron chi connectivity index (χ2n) is 4.07. The highest BCUT2D eigenvalue weighted by Gasteiger charge is 2.06. The molecule has 2 heteroatoms. The predicted octanol–water partition coefficient (Wildman–Crippen LogP) is 3.85. The molecule has 0 heterocycles. The SMILES string of the molecule is COCCCCCC(Cl)CC(C)C. The first-order valence-corrected chi connectivity index (χ1v) is 5.73. The highest BCUT2D eigenvalue weighted by molar-refractivity contribution is 6.20. The summed E-state index contributed by atoms with van der Waals surface area (Å²) in [5.74, 6) is 0.724. The van der Waals surface area contributed by atoms with Crippen LogP contribution in [0.4, 0.5) is 0 Å². The molecule has 0 aliphatic heterocycles. The Balaban J connectivity index is 3.12. The van der Waals surface area contributed by atoms with Crippen LogP contribution in [0.25, 0.3) is 0 Å². The Morgan fingerprint density at radius 1 is 1.15 bits per heavy atom. The molecule has 0 saturated carbocycles. The first-order valence-electron chi connectivity index (χ1n) is 5.29. The van der Waals surface area contributed by atoms with Gasteiger partial charge in [0.15, 0.2) is 0 Å². The molecular weight excluding hydrogens is 184 g/mol. The predicted molar refractivity (Wildman–Crippen MR) is 59.4 cm³/mol. The fourth-order valence-electron chi connectivity index (χ4n) is 1.42. The average molecular weight is 207 g/mol. The number of methoxy groups -OCH3 is 1. The van der Waals surface area contributed by atoms with Crippen molar-refractivity contribution in [1.29, 1.82) is 0 Å². The third kappa shape index (κ3) is 10.2. The van der Waals surface area contributed by atoms with Crippen LogP contribution in [0.2, 0.25) is 0 Å². The van der Waals surface area contributed by atoms with E-state index in [-0.39, 0.29) is 0 Å². The van der Waals surface area contributed by atoms with Crippen molar-refractivity contribution in [1.82, 2.24) is 0 Å². The van der Waals surface area contributed by atoms with E-state index in [9.17, 15) is 0 Å². The van der Waals surface area contributed by atoms with Crippen LogP contribution in [-0.2, 0) is 4.74 Å². The molecule has 0 radical (unpaired) electrons. The lowest BCUT2D eigenvalue weighted by atomic mass is 10.0. The van der Waals surface area contributed by atoms with Gasteiger partial charge >= 0.3 is 0 Å². The van der Waals surface area contributed by atoms with Crippen LogP contribution in [0.5, 0.6) is 0 Å². The molecule has 0 rings (SSSR count). The van der Waals surface area contributed by atoms with Crippen LogP contribution in [0, 0.1) is 5.92 Å². The molecule has 0 fully saturated rings. The molecule has 13 heavy (non-hydrogen) atoms. The van der Waals surface area contributed by atoms with Crippen LogP contribution in [0.15, 0.2) is 0 Å². The van der Waals surface area contributed by atoms with Crippen molar-refractivity contribution >= 4 is 11.6 Å². The molecule has 0 spiro atoms. The number of rotatable bonds is 8. The van der Waals surface area contributed by atoms with E-state index >= 15 is 0 Å². The van der Waals surface area contributed by atoms with Crippen molar-refractivity contribution in [3.05, 3.63) is 0 Å². The maximum absolute atomic E-state index is 6.16. The number of halogens is 1. The van der Waals surface area contributed by atoms with Gasteiger partial charge in [-0.05, 0) is 25.2 Å². The van der Waals surface area contributed by atoms with Crippen molar-refractivity contribution in [3.8, 4) is 0 Å². The lowest BCUT2D eigenvalue weighted by molar-refractivity contribution is 0.192. The third-order valence-corrected chi connectivity index (χ3v) is 2.49. The van der Waals surface area contributed by atoms with Gasteiger partial charge in [-0.25, -0.2) is 0 Å². The Labute approximate surface area is 87.8 Å². The van der Waals surface area contributed by atoms with Crippen molar-refractivity contribution in [2.24, 2.45) is 5.92 Å². The van der Waals surface area contributed by atoms with Crippen molar-refractivity contribution in [2.75, 3.05) is 13.7 Å². The lowest BCUT2D eigenvalue weighted by Crippen LogP contribution is -2.03. The van der Waals surface area contributed by atoms with E-state index in [1.165, 1.54) is 19.3 Å². The van der Waals surface area contributed by atoms with Crippen molar-refractivity contribution in [2.45, 2.75) is 51.3 Å². The molecule has 0 saturated heterocycles. The van der Waals surface area contributed by atoms with E-state index in [0.717, 1.165) is 25.4 Å². The molecule has 1 atom stereocenters.